The van der Waals surface area contributed by atoms with Crippen molar-refractivity contribution in [3.8, 4) is 0 Å². The highest BCUT2D eigenvalue weighted by Gasteiger charge is 2.26. The molecule has 49 valence electrons. The second-order valence-corrected chi connectivity index (χ2v) is 1.74. The molecule has 1 unspecified atom stereocenters. The molecule has 0 bridgehead atoms. The molecular formula is C4H6N3O2. The molecule has 0 aromatic carbocycles. The van der Waals surface area contributed by atoms with E-state index in [1.807, 2.05) is 0 Å². The second kappa shape index (κ2) is 2.10. The maximum atomic E-state index is 10.0. The Kier molecular flexibility index (Phi) is 1.44. The summed E-state index contributed by atoms with van der Waals surface area (Å²) in [4.78, 5) is 14.6. The van der Waals surface area contributed by atoms with Crippen LogP contribution in [0.1, 0.15) is 0 Å². The molecule has 1 rings (SSSR count). The topological polar surface area (TPSA) is 58.7 Å². The van der Waals surface area contributed by atoms with E-state index in [4.69, 9.17) is 0 Å². The highest BCUT2D eigenvalue weighted by molar-refractivity contribution is 5.68. The summed E-state index contributed by atoms with van der Waals surface area (Å²) in [5, 5.41) is 10.0. The van der Waals surface area contributed by atoms with Crippen molar-refractivity contribution in [2.45, 2.75) is 6.29 Å². The van der Waals surface area contributed by atoms with Crippen LogP contribution in [0.5, 0.6) is 0 Å². The van der Waals surface area contributed by atoms with Crippen molar-refractivity contribution < 1.29 is 4.92 Å². The van der Waals surface area contributed by atoms with Crippen molar-refractivity contribution in [1.29, 1.82) is 0 Å². The molecule has 0 saturated heterocycles. The van der Waals surface area contributed by atoms with Gasteiger partial charge < -0.3 is 0 Å². The maximum absolute atomic E-state index is 10.0. The van der Waals surface area contributed by atoms with Gasteiger partial charge in [0, 0.05) is 6.21 Å². The van der Waals surface area contributed by atoms with Crippen LogP contribution in [0, 0.1) is 16.7 Å². The van der Waals surface area contributed by atoms with Crippen molar-refractivity contribution in [1.82, 2.24) is 4.90 Å². The largest absolute Gasteiger partial charge is 0.365 e. The zero-order valence-corrected chi connectivity index (χ0v) is 4.89. The van der Waals surface area contributed by atoms with Crippen LogP contribution in [0.3, 0.4) is 0 Å². The number of aliphatic imine (C=N–C) groups is 1. The second-order valence-electron chi connectivity index (χ2n) is 1.74. The van der Waals surface area contributed by atoms with E-state index in [1.165, 1.54) is 11.1 Å². The molecule has 5 heteroatoms. The highest BCUT2D eigenvalue weighted by Crippen LogP contribution is 2.05. The van der Waals surface area contributed by atoms with Crippen molar-refractivity contribution in [2.75, 3.05) is 7.05 Å². The van der Waals surface area contributed by atoms with E-state index >= 15 is 0 Å². The molecular weight excluding hydrogens is 122 g/mol. The number of nitro groups is 1. The van der Waals surface area contributed by atoms with E-state index in [2.05, 4.69) is 4.99 Å². The molecule has 0 amide bonds. The molecule has 0 spiro atoms. The lowest BCUT2D eigenvalue weighted by atomic mass is 10.7. The lowest BCUT2D eigenvalue weighted by molar-refractivity contribution is -0.542. The van der Waals surface area contributed by atoms with Gasteiger partial charge in [-0.1, -0.05) is 0 Å². The quantitative estimate of drug-likeness (QED) is 0.360. The van der Waals surface area contributed by atoms with Gasteiger partial charge in [0.25, 0.3) is 0 Å². The van der Waals surface area contributed by atoms with Gasteiger partial charge in [-0.25, -0.2) is 9.89 Å². The molecule has 0 aromatic rings. The molecule has 1 aliphatic rings. The monoisotopic (exact) mass is 128 g/mol. The predicted octanol–water partition coefficient (Wildman–Crippen LogP) is -0.275. The molecule has 5 nitrogen and oxygen atoms in total. The summed E-state index contributed by atoms with van der Waals surface area (Å²) in [5.74, 6) is 0. The normalized spacial score (nSPS) is 27.0. The fraction of sp³-hybridized carbons (Fsp3) is 0.500. The standard InChI is InChI=1S/C4H6N3O2/c1-6-3-2-5-4(6)7(8)9/h2-4H,1H3. The number of nitrogens with zero attached hydrogens (tertiary/aromatic N) is 3. The molecule has 1 radical (unpaired) electrons. The van der Waals surface area contributed by atoms with Gasteiger partial charge in [-0.2, -0.15) is 0 Å². The van der Waals surface area contributed by atoms with Crippen molar-refractivity contribution in [3.05, 3.63) is 16.7 Å². The molecule has 0 fully saturated rings. The van der Waals surface area contributed by atoms with Crippen LogP contribution in [-0.4, -0.2) is 29.4 Å². The molecule has 1 heterocycles. The number of hydrogen-bond acceptors (Lipinski definition) is 4. The molecule has 0 aromatic heterocycles. The van der Waals surface area contributed by atoms with Crippen molar-refractivity contribution in [2.24, 2.45) is 4.99 Å². The van der Waals surface area contributed by atoms with E-state index in [0.717, 1.165) is 0 Å². The van der Waals surface area contributed by atoms with Crippen LogP contribution in [0.15, 0.2) is 4.99 Å². The summed E-state index contributed by atoms with van der Waals surface area (Å²) >= 11 is 0. The molecule has 1 atom stereocenters. The van der Waals surface area contributed by atoms with Gasteiger partial charge in [0.2, 0.25) is 0 Å². The van der Waals surface area contributed by atoms with E-state index in [0.29, 0.717) is 0 Å². The zero-order valence-electron chi connectivity index (χ0n) is 4.89. The van der Waals surface area contributed by atoms with Crippen molar-refractivity contribution >= 4 is 6.21 Å². The summed E-state index contributed by atoms with van der Waals surface area (Å²) in [6.07, 6.45) is 0.526. The Balaban J connectivity index is 2.59. The fourth-order valence-corrected chi connectivity index (χ4v) is 0.606. The summed E-state index contributed by atoms with van der Waals surface area (Å²) in [7, 11) is 1.61. The summed E-state index contributed by atoms with van der Waals surface area (Å²) in [6.45, 7) is 1.56. The van der Waals surface area contributed by atoms with E-state index in [-0.39, 0.29) is 0 Å². The Labute approximate surface area is 52.1 Å². The molecule has 1 aliphatic heterocycles. The Bertz CT molecular complexity index is 156. The van der Waals surface area contributed by atoms with Gasteiger partial charge in [0.15, 0.2) is 0 Å². The first-order valence-corrected chi connectivity index (χ1v) is 2.44. The average Bonchev–Trinajstić information content (AvgIpc) is 2.13. The minimum absolute atomic E-state index is 0.444. The number of hydrogen-bond donors (Lipinski definition) is 0. The molecule has 0 saturated carbocycles. The highest BCUT2D eigenvalue weighted by atomic mass is 16.6. The Hall–Kier alpha value is -0.970. The van der Waals surface area contributed by atoms with Gasteiger partial charge in [0.05, 0.1) is 11.5 Å². The minimum atomic E-state index is -0.898. The smallest absolute Gasteiger partial charge is 0.261 e. The third-order valence-electron chi connectivity index (χ3n) is 1.07. The van der Waals surface area contributed by atoms with Gasteiger partial charge >= 0.3 is 6.29 Å². The number of rotatable bonds is 1. The Morgan fingerprint density at radius 1 is 1.89 bits per heavy atom. The van der Waals surface area contributed by atoms with Crippen LogP contribution in [0.2, 0.25) is 0 Å². The van der Waals surface area contributed by atoms with Crippen LogP contribution < -0.4 is 0 Å². The van der Waals surface area contributed by atoms with Crippen LogP contribution in [-0.2, 0) is 0 Å². The van der Waals surface area contributed by atoms with Crippen LogP contribution >= 0.6 is 0 Å². The van der Waals surface area contributed by atoms with Gasteiger partial charge in [0.1, 0.15) is 0 Å². The first kappa shape index (κ1) is 6.15. The third-order valence-corrected chi connectivity index (χ3v) is 1.07. The summed E-state index contributed by atoms with van der Waals surface area (Å²) in [6, 6.07) is 0. The maximum Gasteiger partial charge on any atom is 0.365 e. The molecule has 9 heavy (non-hydrogen) atoms. The Morgan fingerprint density at radius 3 is 2.78 bits per heavy atom. The zero-order chi connectivity index (χ0) is 6.85. The average molecular weight is 128 g/mol. The lowest BCUT2D eigenvalue weighted by Crippen LogP contribution is -2.30. The van der Waals surface area contributed by atoms with Gasteiger partial charge in [-0.3, -0.25) is 10.1 Å². The first-order chi connectivity index (χ1) is 4.22. The molecule has 0 N–H and O–H groups in total. The SMILES string of the molecule is CN1[CH]C=NC1[N+](=O)[O-]. The Morgan fingerprint density at radius 2 is 2.56 bits per heavy atom. The van der Waals surface area contributed by atoms with E-state index < -0.39 is 11.2 Å². The summed E-state index contributed by atoms with van der Waals surface area (Å²) < 4.78 is 0. The summed E-state index contributed by atoms with van der Waals surface area (Å²) in [5.41, 5.74) is 0. The van der Waals surface area contributed by atoms with E-state index in [9.17, 15) is 10.1 Å². The van der Waals surface area contributed by atoms with Gasteiger partial charge in [-0.15, -0.1) is 0 Å². The van der Waals surface area contributed by atoms with Crippen molar-refractivity contribution in [3.63, 3.8) is 0 Å². The lowest BCUT2D eigenvalue weighted by Gasteiger charge is -2.07. The van der Waals surface area contributed by atoms with E-state index in [1.54, 1.807) is 13.6 Å². The fourth-order valence-electron chi connectivity index (χ4n) is 0.606. The first-order valence-electron chi connectivity index (χ1n) is 2.44. The molecule has 0 aliphatic carbocycles. The third kappa shape index (κ3) is 1.05. The predicted molar refractivity (Wildman–Crippen MR) is 31.3 cm³/mol. The van der Waals surface area contributed by atoms with Gasteiger partial charge in [-0.05, 0) is 7.05 Å². The minimum Gasteiger partial charge on any atom is -0.261 e. The van der Waals surface area contributed by atoms with Crippen LogP contribution in [0.4, 0.5) is 0 Å². The van der Waals surface area contributed by atoms with Crippen LogP contribution in [0.25, 0.3) is 0 Å².